The SMILES string of the molecule is CCCCCCCC(O)C=CC=CC=CC(O)CCC(=O)O. The molecule has 22 heavy (non-hydrogen) atoms. The van der Waals surface area contributed by atoms with Crippen LogP contribution in [-0.2, 0) is 4.79 Å². The van der Waals surface area contributed by atoms with Gasteiger partial charge < -0.3 is 15.3 Å². The van der Waals surface area contributed by atoms with E-state index in [1.165, 1.54) is 25.7 Å². The minimum absolute atomic E-state index is 0.0421. The van der Waals surface area contributed by atoms with Gasteiger partial charge in [0, 0.05) is 6.42 Å². The molecule has 0 aromatic rings. The maximum absolute atomic E-state index is 10.3. The quantitative estimate of drug-likeness (QED) is 0.359. The normalized spacial score (nSPS) is 15.0. The molecule has 4 heteroatoms. The Morgan fingerprint density at radius 3 is 1.95 bits per heavy atom. The third-order valence-electron chi connectivity index (χ3n) is 3.26. The molecular formula is C18H30O4. The van der Waals surface area contributed by atoms with E-state index in [1.54, 1.807) is 36.5 Å². The Balaban J connectivity index is 3.74. The molecule has 3 N–H and O–H groups in total. The van der Waals surface area contributed by atoms with Gasteiger partial charge in [-0.2, -0.15) is 0 Å². The zero-order valence-corrected chi connectivity index (χ0v) is 13.5. The molecule has 0 aliphatic carbocycles. The monoisotopic (exact) mass is 310 g/mol. The van der Waals surface area contributed by atoms with Crippen LogP contribution >= 0.6 is 0 Å². The van der Waals surface area contributed by atoms with Gasteiger partial charge in [-0.3, -0.25) is 4.79 Å². The smallest absolute Gasteiger partial charge is 0.303 e. The van der Waals surface area contributed by atoms with Crippen LogP contribution in [0.2, 0.25) is 0 Å². The highest BCUT2D eigenvalue weighted by Crippen LogP contribution is 2.08. The fourth-order valence-corrected chi connectivity index (χ4v) is 1.93. The van der Waals surface area contributed by atoms with Crippen LogP contribution in [-0.4, -0.2) is 33.5 Å². The Labute approximate surface area is 133 Å². The zero-order chi connectivity index (χ0) is 16.6. The van der Waals surface area contributed by atoms with Crippen molar-refractivity contribution in [3.05, 3.63) is 36.5 Å². The van der Waals surface area contributed by atoms with Crippen LogP contribution in [0.25, 0.3) is 0 Å². The summed E-state index contributed by atoms with van der Waals surface area (Å²) in [7, 11) is 0. The van der Waals surface area contributed by atoms with Gasteiger partial charge in [-0.1, -0.05) is 75.5 Å². The number of carbonyl (C=O) groups is 1. The van der Waals surface area contributed by atoms with E-state index in [4.69, 9.17) is 5.11 Å². The first-order valence-corrected chi connectivity index (χ1v) is 8.15. The first-order chi connectivity index (χ1) is 10.6. The minimum atomic E-state index is -0.908. The molecule has 0 aromatic heterocycles. The van der Waals surface area contributed by atoms with Gasteiger partial charge in [0.25, 0.3) is 0 Å². The molecule has 2 atom stereocenters. The van der Waals surface area contributed by atoms with Gasteiger partial charge in [0.2, 0.25) is 0 Å². The molecule has 0 saturated heterocycles. The molecule has 0 amide bonds. The molecule has 0 heterocycles. The Morgan fingerprint density at radius 1 is 0.864 bits per heavy atom. The van der Waals surface area contributed by atoms with Crippen LogP contribution in [0.3, 0.4) is 0 Å². The molecule has 0 aromatic carbocycles. The van der Waals surface area contributed by atoms with Gasteiger partial charge in [-0.25, -0.2) is 0 Å². The summed E-state index contributed by atoms with van der Waals surface area (Å²) in [5, 5.41) is 27.7. The molecule has 0 spiro atoms. The molecule has 0 aliphatic rings. The van der Waals surface area contributed by atoms with Crippen LogP contribution in [0.1, 0.15) is 58.3 Å². The predicted molar refractivity (Wildman–Crippen MR) is 89.7 cm³/mol. The lowest BCUT2D eigenvalue weighted by atomic mass is 10.1. The van der Waals surface area contributed by atoms with Gasteiger partial charge in [0.05, 0.1) is 12.2 Å². The van der Waals surface area contributed by atoms with Gasteiger partial charge in [0.1, 0.15) is 0 Å². The maximum Gasteiger partial charge on any atom is 0.303 e. The van der Waals surface area contributed by atoms with Crippen molar-refractivity contribution in [1.29, 1.82) is 0 Å². The zero-order valence-electron chi connectivity index (χ0n) is 13.5. The number of carboxylic acids is 1. The molecule has 4 nitrogen and oxygen atoms in total. The average molecular weight is 310 g/mol. The van der Waals surface area contributed by atoms with Crippen LogP contribution in [0.5, 0.6) is 0 Å². The van der Waals surface area contributed by atoms with Crippen LogP contribution in [0.4, 0.5) is 0 Å². The molecule has 0 aliphatic heterocycles. The standard InChI is InChI=1S/C18H30O4/c1-2-3-4-5-8-11-16(19)12-9-6-7-10-13-17(20)14-15-18(21)22/h6-7,9-10,12-13,16-17,19-20H,2-5,8,11,14-15H2,1H3,(H,21,22). The van der Waals surface area contributed by atoms with E-state index in [2.05, 4.69) is 6.92 Å². The van der Waals surface area contributed by atoms with Crippen molar-refractivity contribution in [2.75, 3.05) is 0 Å². The third-order valence-corrected chi connectivity index (χ3v) is 3.26. The van der Waals surface area contributed by atoms with Crippen molar-refractivity contribution < 1.29 is 20.1 Å². The van der Waals surface area contributed by atoms with Crippen molar-refractivity contribution in [3.63, 3.8) is 0 Å². The maximum atomic E-state index is 10.3. The molecule has 0 fully saturated rings. The van der Waals surface area contributed by atoms with E-state index >= 15 is 0 Å². The molecule has 0 bridgehead atoms. The number of hydrogen-bond donors (Lipinski definition) is 3. The van der Waals surface area contributed by atoms with Crippen molar-refractivity contribution in [3.8, 4) is 0 Å². The lowest BCUT2D eigenvalue weighted by Gasteiger charge is -2.04. The van der Waals surface area contributed by atoms with Gasteiger partial charge >= 0.3 is 5.97 Å². The van der Waals surface area contributed by atoms with E-state index in [-0.39, 0.29) is 12.8 Å². The van der Waals surface area contributed by atoms with Crippen molar-refractivity contribution in [1.82, 2.24) is 0 Å². The number of carboxylic acid groups (broad SMARTS) is 1. The summed E-state index contributed by atoms with van der Waals surface area (Å²) in [4.78, 5) is 10.3. The van der Waals surface area contributed by atoms with Gasteiger partial charge in [-0.15, -0.1) is 0 Å². The Kier molecular flexibility index (Phi) is 13.6. The minimum Gasteiger partial charge on any atom is -0.481 e. The predicted octanol–water partition coefficient (Wildman–Crippen LogP) is 3.60. The summed E-state index contributed by atoms with van der Waals surface area (Å²) in [6.07, 6.45) is 16.1. The highest BCUT2D eigenvalue weighted by atomic mass is 16.4. The number of hydrogen-bond acceptors (Lipinski definition) is 3. The van der Waals surface area contributed by atoms with Crippen molar-refractivity contribution in [2.45, 2.75) is 70.5 Å². The topological polar surface area (TPSA) is 77.8 Å². The number of unbranched alkanes of at least 4 members (excludes halogenated alkanes) is 4. The highest BCUT2D eigenvalue weighted by molar-refractivity contribution is 5.66. The van der Waals surface area contributed by atoms with Gasteiger partial charge in [-0.05, 0) is 12.8 Å². The summed E-state index contributed by atoms with van der Waals surface area (Å²) >= 11 is 0. The molecule has 0 radical (unpaired) electrons. The Bertz CT molecular complexity index is 358. The van der Waals surface area contributed by atoms with Crippen LogP contribution < -0.4 is 0 Å². The summed E-state index contributed by atoms with van der Waals surface area (Å²) in [6.45, 7) is 2.18. The van der Waals surface area contributed by atoms with E-state index in [0.29, 0.717) is 0 Å². The number of aliphatic hydroxyl groups is 2. The number of aliphatic hydroxyl groups excluding tert-OH is 2. The highest BCUT2D eigenvalue weighted by Gasteiger charge is 2.02. The first kappa shape index (κ1) is 20.6. The van der Waals surface area contributed by atoms with E-state index in [1.807, 2.05) is 0 Å². The lowest BCUT2D eigenvalue weighted by Crippen LogP contribution is -2.05. The van der Waals surface area contributed by atoms with E-state index in [9.17, 15) is 15.0 Å². The summed E-state index contributed by atoms with van der Waals surface area (Å²) < 4.78 is 0. The molecular weight excluding hydrogens is 280 g/mol. The summed E-state index contributed by atoms with van der Waals surface area (Å²) in [5.74, 6) is -0.908. The second-order valence-corrected chi connectivity index (χ2v) is 5.42. The van der Waals surface area contributed by atoms with E-state index < -0.39 is 18.2 Å². The Hall–Kier alpha value is -1.39. The molecule has 0 rings (SSSR count). The molecule has 126 valence electrons. The van der Waals surface area contributed by atoms with Crippen LogP contribution in [0.15, 0.2) is 36.5 Å². The van der Waals surface area contributed by atoms with Gasteiger partial charge in [0.15, 0.2) is 0 Å². The Morgan fingerprint density at radius 2 is 1.41 bits per heavy atom. The second kappa shape index (κ2) is 14.5. The number of aliphatic carboxylic acids is 1. The lowest BCUT2D eigenvalue weighted by molar-refractivity contribution is -0.137. The molecule has 2 unspecified atom stereocenters. The molecule has 0 saturated carbocycles. The van der Waals surface area contributed by atoms with Crippen molar-refractivity contribution >= 4 is 5.97 Å². The average Bonchev–Trinajstić information content (AvgIpc) is 2.48. The van der Waals surface area contributed by atoms with E-state index in [0.717, 1.165) is 12.8 Å². The fraction of sp³-hybridized carbons (Fsp3) is 0.611. The van der Waals surface area contributed by atoms with Crippen LogP contribution in [0, 0.1) is 0 Å². The second-order valence-electron chi connectivity index (χ2n) is 5.42. The third kappa shape index (κ3) is 15.0. The number of allylic oxidation sites excluding steroid dienone is 4. The summed E-state index contributed by atoms with van der Waals surface area (Å²) in [6, 6.07) is 0. The summed E-state index contributed by atoms with van der Waals surface area (Å²) in [5.41, 5.74) is 0. The van der Waals surface area contributed by atoms with Crippen molar-refractivity contribution in [2.24, 2.45) is 0 Å². The largest absolute Gasteiger partial charge is 0.481 e. The first-order valence-electron chi connectivity index (χ1n) is 8.15. The number of rotatable bonds is 13. The fourth-order valence-electron chi connectivity index (χ4n) is 1.93.